The van der Waals surface area contributed by atoms with Crippen LogP contribution >= 0.6 is 0 Å². The molecule has 2 amide bonds. The number of likely N-dealkylation sites (tertiary alicyclic amines) is 1. The fraction of sp³-hybridized carbons (Fsp3) is 0.895. The Hall–Kier alpha value is -0.950. The van der Waals surface area contributed by atoms with Crippen LogP contribution < -0.4 is 0 Å². The topological polar surface area (TPSA) is 74.8 Å². The van der Waals surface area contributed by atoms with Crippen LogP contribution in [-0.2, 0) is 19.6 Å². The summed E-state index contributed by atoms with van der Waals surface area (Å²) in [5.74, 6) is 0.700. The molecule has 2 heterocycles. The van der Waals surface area contributed by atoms with E-state index >= 15 is 0 Å². The van der Waals surface area contributed by atoms with Gasteiger partial charge in [-0.15, -0.1) is 0 Å². The summed E-state index contributed by atoms with van der Waals surface area (Å²) in [4.78, 5) is 25.0. The number of nitrogens with zero attached hydrogens (tertiary/aromatic N) is 2. The van der Waals surface area contributed by atoms with Crippen LogP contribution in [0.2, 0.25) is 0 Å². The molecule has 2 unspecified atom stereocenters. The molecule has 0 radical (unpaired) electrons. The Balaban J connectivity index is 1.35. The summed E-state index contributed by atoms with van der Waals surface area (Å²) < 4.78 is 28.3. The Labute approximate surface area is 156 Å². The molecule has 0 aromatic carbocycles. The Morgan fingerprint density at radius 2 is 1.50 bits per heavy atom. The first-order valence-corrected chi connectivity index (χ1v) is 11.8. The van der Waals surface area contributed by atoms with Crippen molar-refractivity contribution >= 4 is 21.8 Å². The van der Waals surface area contributed by atoms with Crippen LogP contribution in [-0.4, -0.2) is 53.8 Å². The molecule has 2 aliphatic carbocycles. The minimum absolute atomic E-state index is 0.0647. The molecule has 0 aromatic heterocycles. The van der Waals surface area contributed by atoms with Crippen LogP contribution in [0.3, 0.4) is 0 Å². The van der Waals surface area contributed by atoms with Crippen molar-refractivity contribution in [3.05, 3.63) is 0 Å². The Bertz CT molecular complexity index is 653. The average Bonchev–Trinajstić information content (AvgIpc) is 3.21. The van der Waals surface area contributed by atoms with Crippen LogP contribution in [0.25, 0.3) is 0 Å². The second kappa shape index (κ2) is 7.23. The smallest absolute Gasteiger partial charge is 0.229 e. The normalized spacial score (nSPS) is 36.5. The van der Waals surface area contributed by atoms with E-state index in [2.05, 4.69) is 0 Å². The van der Waals surface area contributed by atoms with E-state index in [1.54, 1.807) is 0 Å². The number of carbonyl (C=O) groups is 2. The molecular formula is C19H30N2O4S. The number of fused-ring (bicyclic) bond motifs is 1. The van der Waals surface area contributed by atoms with Gasteiger partial charge in [0.1, 0.15) is 0 Å². The van der Waals surface area contributed by atoms with Gasteiger partial charge >= 0.3 is 0 Å². The maximum Gasteiger partial charge on any atom is 0.229 e. The predicted octanol–water partition coefficient (Wildman–Crippen LogP) is 2.29. The van der Waals surface area contributed by atoms with E-state index in [0.717, 1.165) is 32.1 Å². The van der Waals surface area contributed by atoms with Crippen molar-refractivity contribution in [2.24, 2.45) is 11.8 Å². The van der Waals surface area contributed by atoms with Crippen LogP contribution in [0.4, 0.5) is 0 Å². The van der Waals surface area contributed by atoms with Gasteiger partial charge in [-0.3, -0.25) is 14.5 Å². The molecule has 0 bridgehead atoms. The number of rotatable bonds is 4. The first-order chi connectivity index (χ1) is 12.5. The summed E-state index contributed by atoms with van der Waals surface area (Å²) in [5, 5.41) is -0.274. The van der Waals surface area contributed by atoms with Gasteiger partial charge in [0, 0.05) is 32.0 Å². The lowest BCUT2D eigenvalue weighted by molar-refractivity contribution is -0.139. The first-order valence-electron chi connectivity index (χ1n) is 10.3. The maximum atomic E-state index is 13.2. The van der Waals surface area contributed by atoms with Crippen LogP contribution in [0.5, 0.6) is 0 Å². The molecule has 0 spiro atoms. The second-order valence-electron chi connectivity index (χ2n) is 8.60. The van der Waals surface area contributed by atoms with E-state index in [0.29, 0.717) is 44.7 Å². The van der Waals surface area contributed by atoms with Gasteiger partial charge in [-0.25, -0.2) is 8.42 Å². The van der Waals surface area contributed by atoms with E-state index < -0.39 is 10.0 Å². The fourth-order valence-corrected chi connectivity index (χ4v) is 7.83. The zero-order valence-electron chi connectivity index (χ0n) is 15.4. The van der Waals surface area contributed by atoms with Gasteiger partial charge in [-0.1, -0.05) is 12.8 Å². The largest absolute Gasteiger partial charge is 0.282 e. The highest BCUT2D eigenvalue weighted by Gasteiger charge is 2.45. The summed E-state index contributed by atoms with van der Waals surface area (Å²) >= 11 is 0. The summed E-state index contributed by atoms with van der Waals surface area (Å²) in [6.07, 6.45) is 9.21. The van der Waals surface area contributed by atoms with Gasteiger partial charge in [0.15, 0.2) is 0 Å². The van der Waals surface area contributed by atoms with Crippen LogP contribution in [0.1, 0.15) is 70.6 Å². The number of imide groups is 1. The predicted molar refractivity (Wildman–Crippen MR) is 97.7 cm³/mol. The van der Waals surface area contributed by atoms with Crippen LogP contribution in [0, 0.1) is 11.8 Å². The van der Waals surface area contributed by atoms with Crippen molar-refractivity contribution in [1.82, 2.24) is 9.21 Å². The van der Waals surface area contributed by atoms with E-state index in [1.165, 1.54) is 17.7 Å². The quantitative estimate of drug-likeness (QED) is 0.699. The Kier molecular flexibility index (Phi) is 5.12. The molecule has 7 heteroatoms. The van der Waals surface area contributed by atoms with Crippen LogP contribution in [0.15, 0.2) is 0 Å². The summed E-state index contributed by atoms with van der Waals surface area (Å²) in [6, 6.07) is 0.242. The SMILES string of the molecule is O=C1CCC(=O)N1CC1CCC(S(=O)(=O)N2CCC3CCCCC32)CC1. The highest BCUT2D eigenvalue weighted by Crippen LogP contribution is 2.40. The lowest BCUT2D eigenvalue weighted by Gasteiger charge is -2.36. The lowest BCUT2D eigenvalue weighted by Crippen LogP contribution is -2.45. The van der Waals surface area contributed by atoms with Crippen molar-refractivity contribution in [2.45, 2.75) is 81.9 Å². The third kappa shape index (κ3) is 3.33. The van der Waals surface area contributed by atoms with E-state index in [1.807, 2.05) is 4.31 Å². The number of hydrogen-bond donors (Lipinski definition) is 0. The Morgan fingerprint density at radius 1 is 0.846 bits per heavy atom. The van der Waals surface area contributed by atoms with Gasteiger partial charge in [0.2, 0.25) is 21.8 Å². The molecule has 2 saturated heterocycles. The maximum absolute atomic E-state index is 13.2. The van der Waals surface area contributed by atoms with Gasteiger partial charge in [-0.05, 0) is 56.8 Å². The molecule has 0 aromatic rings. The molecule has 26 heavy (non-hydrogen) atoms. The van der Waals surface area contributed by atoms with Crippen molar-refractivity contribution in [3.8, 4) is 0 Å². The van der Waals surface area contributed by atoms with Gasteiger partial charge in [-0.2, -0.15) is 4.31 Å². The van der Waals surface area contributed by atoms with Crippen molar-refractivity contribution in [3.63, 3.8) is 0 Å². The standard InChI is InChI=1S/C19H30N2O4S/c22-18-9-10-19(23)20(18)13-14-5-7-16(8-6-14)26(24,25)21-12-11-15-3-1-2-4-17(15)21/h14-17H,1-13H2. The van der Waals surface area contributed by atoms with Gasteiger partial charge in [0.25, 0.3) is 0 Å². The first kappa shape index (κ1) is 18.4. The summed E-state index contributed by atoms with van der Waals surface area (Å²) in [6.45, 7) is 1.19. The average molecular weight is 383 g/mol. The van der Waals surface area contributed by atoms with Crippen molar-refractivity contribution in [2.75, 3.05) is 13.1 Å². The van der Waals surface area contributed by atoms with Gasteiger partial charge in [0.05, 0.1) is 5.25 Å². The molecule has 4 aliphatic rings. The summed E-state index contributed by atoms with van der Waals surface area (Å²) in [7, 11) is -3.22. The zero-order valence-corrected chi connectivity index (χ0v) is 16.3. The molecule has 146 valence electrons. The number of sulfonamides is 1. The number of amides is 2. The number of hydrogen-bond acceptors (Lipinski definition) is 4. The minimum atomic E-state index is -3.22. The molecule has 0 N–H and O–H groups in total. The van der Waals surface area contributed by atoms with E-state index in [4.69, 9.17) is 0 Å². The molecule has 6 nitrogen and oxygen atoms in total. The third-order valence-corrected chi connectivity index (χ3v) is 9.52. The molecule has 4 rings (SSSR count). The molecular weight excluding hydrogens is 352 g/mol. The van der Waals surface area contributed by atoms with Gasteiger partial charge < -0.3 is 0 Å². The molecule has 2 atom stereocenters. The molecule has 4 fully saturated rings. The number of carbonyl (C=O) groups excluding carboxylic acids is 2. The lowest BCUT2D eigenvalue weighted by atomic mass is 9.86. The third-order valence-electron chi connectivity index (χ3n) is 7.10. The highest BCUT2D eigenvalue weighted by molar-refractivity contribution is 7.89. The second-order valence-corrected chi connectivity index (χ2v) is 10.8. The van der Waals surface area contributed by atoms with E-state index in [9.17, 15) is 18.0 Å². The fourth-order valence-electron chi connectivity index (χ4n) is 5.57. The molecule has 2 aliphatic heterocycles. The minimum Gasteiger partial charge on any atom is -0.282 e. The monoisotopic (exact) mass is 382 g/mol. The summed E-state index contributed by atoms with van der Waals surface area (Å²) in [5.41, 5.74) is 0. The highest BCUT2D eigenvalue weighted by atomic mass is 32.2. The Morgan fingerprint density at radius 3 is 2.19 bits per heavy atom. The molecule has 2 saturated carbocycles. The van der Waals surface area contributed by atoms with E-state index in [-0.39, 0.29) is 29.0 Å². The van der Waals surface area contributed by atoms with Crippen molar-refractivity contribution in [1.29, 1.82) is 0 Å². The van der Waals surface area contributed by atoms with Crippen molar-refractivity contribution < 1.29 is 18.0 Å². The zero-order chi connectivity index (χ0) is 18.3.